The van der Waals surface area contributed by atoms with Crippen molar-refractivity contribution in [3.05, 3.63) is 94.7 Å². The molecule has 1 heterocycles. The highest BCUT2D eigenvalue weighted by atomic mass is 16.5. The van der Waals surface area contributed by atoms with Crippen LogP contribution in [0.4, 0.5) is 0 Å². The van der Waals surface area contributed by atoms with Gasteiger partial charge >= 0.3 is 5.97 Å². The number of aromatic carboxylic acids is 1. The van der Waals surface area contributed by atoms with E-state index in [2.05, 4.69) is 5.32 Å². The zero-order valence-electron chi connectivity index (χ0n) is 18.1. The number of carboxylic acids is 1. The van der Waals surface area contributed by atoms with Gasteiger partial charge in [0.05, 0.1) is 7.11 Å². The van der Waals surface area contributed by atoms with Crippen molar-refractivity contribution < 1.29 is 19.7 Å². The molecule has 6 nitrogen and oxygen atoms in total. The number of carboxylic acid groups (broad SMARTS) is 1. The third-order valence-corrected chi connectivity index (χ3v) is 5.57. The van der Waals surface area contributed by atoms with E-state index in [9.17, 15) is 15.0 Å². The molecule has 0 aliphatic rings. The number of rotatable bonds is 8. The minimum Gasteiger partial charge on any atom is -0.508 e. The standard InChI is InChI=1S/C26H26N2O4/c1-17-6-11-22-23(15-27-14-19-4-3-5-20(29)13-19)25(26(30)31)28(24(22)12-17)16-18-7-9-21(32-2)10-8-18/h3-13,27,29H,14-16H2,1-2H3,(H,30,31). The van der Waals surface area contributed by atoms with Crippen LogP contribution in [0.15, 0.2) is 66.7 Å². The first kappa shape index (κ1) is 21.5. The molecule has 3 N–H and O–H groups in total. The summed E-state index contributed by atoms with van der Waals surface area (Å²) in [6, 6.07) is 20.7. The topological polar surface area (TPSA) is 83.7 Å². The summed E-state index contributed by atoms with van der Waals surface area (Å²) in [5.41, 5.74) is 4.92. The fraction of sp³-hybridized carbons (Fsp3) is 0.192. The number of phenolic OH excluding ortho intramolecular Hbond substituents is 1. The predicted octanol–water partition coefficient (Wildman–Crippen LogP) is 4.70. The average molecular weight is 431 g/mol. The fourth-order valence-electron chi connectivity index (χ4n) is 4.03. The highest BCUT2D eigenvalue weighted by Crippen LogP contribution is 2.29. The van der Waals surface area contributed by atoms with Crippen molar-refractivity contribution in [1.29, 1.82) is 0 Å². The summed E-state index contributed by atoms with van der Waals surface area (Å²) in [5, 5.41) is 24.1. The van der Waals surface area contributed by atoms with Crippen LogP contribution in [0.1, 0.15) is 32.7 Å². The monoisotopic (exact) mass is 430 g/mol. The Kier molecular flexibility index (Phi) is 6.14. The zero-order valence-corrected chi connectivity index (χ0v) is 18.1. The molecule has 0 atom stereocenters. The van der Waals surface area contributed by atoms with E-state index in [-0.39, 0.29) is 11.4 Å². The Morgan fingerprint density at radius 1 is 1.00 bits per heavy atom. The summed E-state index contributed by atoms with van der Waals surface area (Å²) in [6.45, 7) is 3.36. The lowest BCUT2D eigenvalue weighted by atomic mass is 10.1. The van der Waals surface area contributed by atoms with Crippen molar-refractivity contribution in [3.8, 4) is 11.5 Å². The maximum atomic E-state index is 12.4. The average Bonchev–Trinajstić information content (AvgIpc) is 3.07. The molecule has 0 aliphatic heterocycles. The molecule has 6 heteroatoms. The first-order valence-electron chi connectivity index (χ1n) is 10.4. The van der Waals surface area contributed by atoms with Crippen molar-refractivity contribution in [2.24, 2.45) is 0 Å². The van der Waals surface area contributed by atoms with Crippen molar-refractivity contribution in [3.63, 3.8) is 0 Å². The number of phenols is 1. The van der Waals surface area contributed by atoms with Gasteiger partial charge in [-0.2, -0.15) is 0 Å². The Bertz CT molecular complexity index is 1260. The number of ether oxygens (including phenoxy) is 1. The van der Waals surface area contributed by atoms with Crippen molar-refractivity contribution in [2.45, 2.75) is 26.6 Å². The third kappa shape index (κ3) is 4.45. The quantitative estimate of drug-likeness (QED) is 0.377. The SMILES string of the molecule is COc1ccc(Cn2c(C(=O)O)c(CNCc3cccc(O)c3)c3ccc(C)cc32)cc1. The number of hydrogen-bond acceptors (Lipinski definition) is 4. The van der Waals surface area contributed by atoms with Crippen LogP contribution in [0.2, 0.25) is 0 Å². The number of nitrogens with one attached hydrogen (secondary N) is 1. The zero-order chi connectivity index (χ0) is 22.7. The van der Waals surface area contributed by atoms with E-state index in [1.165, 1.54) is 0 Å². The lowest BCUT2D eigenvalue weighted by Crippen LogP contribution is -2.17. The summed E-state index contributed by atoms with van der Waals surface area (Å²) in [7, 11) is 1.62. The van der Waals surface area contributed by atoms with E-state index in [4.69, 9.17) is 4.74 Å². The summed E-state index contributed by atoms with van der Waals surface area (Å²) in [6.07, 6.45) is 0. The number of nitrogens with zero attached hydrogens (tertiary/aromatic N) is 1. The van der Waals surface area contributed by atoms with Crippen LogP contribution in [-0.2, 0) is 19.6 Å². The Hall–Kier alpha value is -3.77. The molecule has 164 valence electrons. The fourth-order valence-corrected chi connectivity index (χ4v) is 4.03. The van der Waals surface area contributed by atoms with Gasteiger partial charge in [0.2, 0.25) is 0 Å². The van der Waals surface area contributed by atoms with E-state index >= 15 is 0 Å². The number of aryl methyl sites for hydroxylation is 1. The van der Waals surface area contributed by atoms with E-state index < -0.39 is 5.97 Å². The van der Waals surface area contributed by atoms with Gasteiger partial charge in [-0.05, 0) is 53.9 Å². The molecule has 0 spiro atoms. The smallest absolute Gasteiger partial charge is 0.352 e. The van der Waals surface area contributed by atoms with Gasteiger partial charge in [-0.1, -0.05) is 36.4 Å². The Morgan fingerprint density at radius 2 is 1.78 bits per heavy atom. The minimum atomic E-state index is -0.957. The summed E-state index contributed by atoms with van der Waals surface area (Å²) in [4.78, 5) is 12.4. The Morgan fingerprint density at radius 3 is 2.47 bits per heavy atom. The van der Waals surface area contributed by atoms with Gasteiger partial charge in [-0.25, -0.2) is 4.79 Å². The Balaban J connectivity index is 1.71. The molecule has 0 saturated carbocycles. The molecular formula is C26H26N2O4. The number of fused-ring (bicyclic) bond motifs is 1. The van der Waals surface area contributed by atoms with Crippen LogP contribution in [0.5, 0.6) is 11.5 Å². The molecule has 0 amide bonds. The number of methoxy groups -OCH3 is 1. The molecule has 0 aliphatic carbocycles. The molecule has 4 rings (SSSR count). The number of carbonyl (C=O) groups is 1. The molecule has 32 heavy (non-hydrogen) atoms. The largest absolute Gasteiger partial charge is 0.508 e. The van der Waals surface area contributed by atoms with Crippen LogP contribution < -0.4 is 10.1 Å². The summed E-state index contributed by atoms with van der Waals surface area (Å²) >= 11 is 0. The van der Waals surface area contributed by atoms with Gasteiger partial charge < -0.3 is 24.8 Å². The van der Waals surface area contributed by atoms with Crippen molar-refractivity contribution in [2.75, 3.05) is 7.11 Å². The number of hydrogen-bond donors (Lipinski definition) is 3. The van der Waals surface area contributed by atoms with Gasteiger partial charge in [0, 0.05) is 36.1 Å². The molecule has 0 fully saturated rings. The highest BCUT2D eigenvalue weighted by molar-refractivity contribution is 5.98. The third-order valence-electron chi connectivity index (χ3n) is 5.57. The van der Waals surface area contributed by atoms with Crippen molar-refractivity contribution in [1.82, 2.24) is 9.88 Å². The molecule has 4 aromatic rings. The molecule has 0 saturated heterocycles. The van der Waals surface area contributed by atoms with Crippen LogP contribution >= 0.6 is 0 Å². The molecule has 0 unspecified atom stereocenters. The second-order valence-electron chi connectivity index (χ2n) is 7.86. The van der Waals surface area contributed by atoms with Gasteiger partial charge in [0.1, 0.15) is 17.2 Å². The van der Waals surface area contributed by atoms with Gasteiger partial charge in [0.25, 0.3) is 0 Å². The number of benzene rings is 3. The number of aromatic hydroxyl groups is 1. The first-order valence-corrected chi connectivity index (χ1v) is 10.4. The lowest BCUT2D eigenvalue weighted by molar-refractivity contribution is 0.0684. The number of aromatic nitrogens is 1. The second-order valence-corrected chi connectivity index (χ2v) is 7.86. The summed E-state index contributed by atoms with van der Waals surface area (Å²) < 4.78 is 7.11. The predicted molar refractivity (Wildman–Crippen MR) is 124 cm³/mol. The van der Waals surface area contributed by atoms with Crippen LogP contribution in [-0.4, -0.2) is 27.9 Å². The van der Waals surface area contributed by atoms with Gasteiger partial charge in [-0.15, -0.1) is 0 Å². The maximum Gasteiger partial charge on any atom is 0.352 e. The minimum absolute atomic E-state index is 0.210. The molecule has 1 aromatic heterocycles. The molecule has 0 bridgehead atoms. The van der Waals surface area contributed by atoms with E-state index in [0.717, 1.165) is 38.9 Å². The normalized spacial score (nSPS) is 11.1. The lowest BCUT2D eigenvalue weighted by Gasteiger charge is -2.11. The molecule has 3 aromatic carbocycles. The van der Waals surface area contributed by atoms with Gasteiger partial charge in [0.15, 0.2) is 0 Å². The van der Waals surface area contributed by atoms with Crippen LogP contribution in [0.25, 0.3) is 10.9 Å². The highest BCUT2D eigenvalue weighted by Gasteiger charge is 2.22. The van der Waals surface area contributed by atoms with Crippen molar-refractivity contribution >= 4 is 16.9 Å². The van der Waals surface area contributed by atoms with E-state index in [1.807, 2.05) is 60.0 Å². The molecular weight excluding hydrogens is 404 g/mol. The summed E-state index contributed by atoms with van der Waals surface area (Å²) in [5.74, 6) is 0.0147. The molecule has 0 radical (unpaired) electrons. The first-order chi connectivity index (χ1) is 15.5. The van der Waals surface area contributed by atoms with E-state index in [0.29, 0.717) is 19.6 Å². The van der Waals surface area contributed by atoms with Crippen LogP contribution in [0, 0.1) is 6.92 Å². The van der Waals surface area contributed by atoms with E-state index in [1.54, 1.807) is 25.3 Å². The Labute approximate surface area is 186 Å². The van der Waals surface area contributed by atoms with Gasteiger partial charge in [-0.3, -0.25) is 0 Å². The second kappa shape index (κ2) is 9.16. The maximum absolute atomic E-state index is 12.4. The van der Waals surface area contributed by atoms with Crippen LogP contribution in [0.3, 0.4) is 0 Å².